The maximum Gasteiger partial charge on any atom is 0.234 e. The largest absolute Gasteiger partial charge is 0.495 e. The van der Waals surface area contributed by atoms with E-state index in [1.54, 1.807) is 12.1 Å². The fourth-order valence-corrected chi connectivity index (χ4v) is 4.02. The van der Waals surface area contributed by atoms with Crippen molar-refractivity contribution in [3.63, 3.8) is 0 Å². The Hall–Kier alpha value is -2.71. The molecule has 0 aliphatic carbocycles. The Morgan fingerprint density at radius 1 is 1.17 bits per heavy atom. The SMILES string of the molecule is CCn1c(SCC(=O)Nc2cc(Cl)c(OC)cc2OC)nnc1-c1ccccc1C. The van der Waals surface area contributed by atoms with Gasteiger partial charge >= 0.3 is 0 Å². The number of carbonyl (C=O) groups excluding carboxylic acids is 1. The summed E-state index contributed by atoms with van der Waals surface area (Å²) in [4.78, 5) is 12.5. The van der Waals surface area contributed by atoms with Gasteiger partial charge in [-0.25, -0.2) is 0 Å². The van der Waals surface area contributed by atoms with Crippen LogP contribution in [0.4, 0.5) is 5.69 Å². The Bertz CT molecular complexity index is 1050. The van der Waals surface area contributed by atoms with Gasteiger partial charge in [-0.1, -0.05) is 47.6 Å². The van der Waals surface area contributed by atoms with Crippen LogP contribution in [0.15, 0.2) is 41.6 Å². The number of benzene rings is 2. The predicted octanol–water partition coefficient (Wildman–Crippen LogP) is 4.67. The van der Waals surface area contributed by atoms with Crippen molar-refractivity contribution in [3.8, 4) is 22.9 Å². The highest BCUT2D eigenvalue weighted by Crippen LogP contribution is 2.36. The van der Waals surface area contributed by atoms with Gasteiger partial charge in [0.25, 0.3) is 0 Å². The van der Waals surface area contributed by atoms with Crippen molar-refractivity contribution >= 4 is 35.0 Å². The van der Waals surface area contributed by atoms with Crippen molar-refractivity contribution in [1.82, 2.24) is 14.8 Å². The highest BCUT2D eigenvalue weighted by Gasteiger charge is 2.17. The second kappa shape index (κ2) is 9.86. The van der Waals surface area contributed by atoms with E-state index in [0.717, 1.165) is 17.0 Å². The van der Waals surface area contributed by atoms with Crippen LogP contribution in [0.3, 0.4) is 0 Å². The second-order valence-electron chi connectivity index (χ2n) is 6.39. The maximum atomic E-state index is 12.5. The third-order valence-corrected chi connectivity index (χ3v) is 5.76. The minimum Gasteiger partial charge on any atom is -0.495 e. The van der Waals surface area contributed by atoms with Crippen LogP contribution in [0.1, 0.15) is 12.5 Å². The topological polar surface area (TPSA) is 78.3 Å². The molecule has 0 aliphatic heterocycles. The Morgan fingerprint density at radius 3 is 2.57 bits per heavy atom. The number of ether oxygens (including phenoxy) is 2. The third kappa shape index (κ3) is 4.71. The average Bonchev–Trinajstić information content (AvgIpc) is 3.15. The van der Waals surface area contributed by atoms with Crippen LogP contribution in [-0.2, 0) is 11.3 Å². The van der Waals surface area contributed by atoms with Gasteiger partial charge in [0.05, 0.1) is 30.7 Å². The average molecular weight is 447 g/mol. The van der Waals surface area contributed by atoms with E-state index in [0.29, 0.717) is 33.9 Å². The lowest BCUT2D eigenvalue weighted by molar-refractivity contribution is -0.113. The Kier molecular flexibility index (Phi) is 7.23. The van der Waals surface area contributed by atoms with Crippen LogP contribution >= 0.6 is 23.4 Å². The molecule has 158 valence electrons. The normalized spacial score (nSPS) is 10.7. The Labute approximate surface area is 184 Å². The van der Waals surface area contributed by atoms with E-state index < -0.39 is 0 Å². The summed E-state index contributed by atoms with van der Waals surface area (Å²) in [5.41, 5.74) is 2.63. The van der Waals surface area contributed by atoms with E-state index >= 15 is 0 Å². The Balaban J connectivity index is 1.73. The quantitative estimate of drug-likeness (QED) is 0.506. The van der Waals surface area contributed by atoms with Crippen LogP contribution in [0.25, 0.3) is 11.4 Å². The molecule has 0 saturated carbocycles. The van der Waals surface area contributed by atoms with Gasteiger partial charge in [-0.3, -0.25) is 4.79 Å². The fraction of sp³-hybridized carbons (Fsp3) is 0.286. The number of aromatic nitrogens is 3. The van der Waals surface area contributed by atoms with Gasteiger partial charge in [0.15, 0.2) is 11.0 Å². The first-order valence-corrected chi connectivity index (χ1v) is 10.7. The molecule has 0 radical (unpaired) electrons. The molecule has 1 amide bonds. The van der Waals surface area contributed by atoms with Gasteiger partial charge in [0.2, 0.25) is 5.91 Å². The number of anilines is 1. The molecule has 1 heterocycles. The molecule has 0 fully saturated rings. The summed E-state index contributed by atoms with van der Waals surface area (Å²) in [5.74, 6) is 1.69. The molecule has 3 aromatic rings. The Morgan fingerprint density at radius 2 is 1.90 bits per heavy atom. The molecule has 2 aromatic carbocycles. The number of aryl methyl sites for hydroxylation is 1. The number of amides is 1. The molecule has 1 N–H and O–H groups in total. The zero-order valence-corrected chi connectivity index (χ0v) is 18.8. The van der Waals surface area contributed by atoms with Crippen LogP contribution in [0.5, 0.6) is 11.5 Å². The molecule has 0 saturated heterocycles. The first-order valence-electron chi connectivity index (χ1n) is 9.31. The summed E-state index contributed by atoms with van der Waals surface area (Å²) < 4.78 is 12.5. The number of nitrogens with zero attached hydrogens (tertiary/aromatic N) is 3. The summed E-state index contributed by atoms with van der Waals surface area (Å²) in [5, 5.41) is 12.5. The zero-order chi connectivity index (χ0) is 21.7. The van der Waals surface area contributed by atoms with Crippen LogP contribution in [0.2, 0.25) is 5.02 Å². The molecular weight excluding hydrogens is 424 g/mol. The number of carbonyl (C=O) groups is 1. The van der Waals surface area contributed by atoms with E-state index in [-0.39, 0.29) is 11.7 Å². The number of methoxy groups -OCH3 is 2. The number of rotatable bonds is 8. The molecule has 0 spiro atoms. The highest BCUT2D eigenvalue weighted by atomic mass is 35.5. The minimum absolute atomic E-state index is 0.165. The molecular formula is C21H23ClN4O3S. The van der Waals surface area contributed by atoms with Crippen molar-refractivity contribution < 1.29 is 14.3 Å². The van der Waals surface area contributed by atoms with Crippen LogP contribution < -0.4 is 14.8 Å². The molecule has 0 unspecified atom stereocenters. The van der Waals surface area contributed by atoms with Crippen LogP contribution in [0, 0.1) is 6.92 Å². The number of hydrogen-bond donors (Lipinski definition) is 1. The molecule has 30 heavy (non-hydrogen) atoms. The van der Waals surface area contributed by atoms with Gasteiger partial charge in [-0.15, -0.1) is 10.2 Å². The van der Waals surface area contributed by atoms with Gasteiger partial charge < -0.3 is 19.4 Å². The summed E-state index contributed by atoms with van der Waals surface area (Å²) in [6, 6.07) is 11.3. The van der Waals surface area contributed by atoms with Gasteiger partial charge in [-0.2, -0.15) is 0 Å². The first-order chi connectivity index (χ1) is 14.5. The lowest BCUT2D eigenvalue weighted by Gasteiger charge is -2.13. The van der Waals surface area contributed by atoms with E-state index in [2.05, 4.69) is 15.5 Å². The number of halogens is 1. The van der Waals surface area contributed by atoms with Crippen molar-refractivity contribution in [2.24, 2.45) is 0 Å². The van der Waals surface area contributed by atoms with Crippen molar-refractivity contribution in [1.29, 1.82) is 0 Å². The summed E-state index contributed by atoms with van der Waals surface area (Å²) in [6.07, 6.45) is 0. The number of hydrogen-bond acceptors (Lipinski definition) is 6. The lowest BCUT2D eigenvalue weighted by atomic mass is 10.1. The molecule has 7 nitrogen and oxygen atoms in total. The standard InChI is InChI=1S/C21H23ClN4O3S/c1-5-26-20(14-9-7-6-8-13(14)2)24-25-21(26)30-12-19(27)23-16-10-15(22)17(28-3)11-18(16)29-4/h6-11H,5,12H2,1-4H3,(H,23,27). The van der Waals surface area contributed by atoms with E-state index in [1.165, 1.54) is 26.0 Å². The monoisotopic (exact) mass is 446 g/mol. The van der Waals surface area contributed by atoms with Gasteiger partial charge in [0.1, 0.15) is 11.5 Å². The van der Waals surface area contributed by atoms with Crippen LogP contribution in [-0.4, -0.2) is 40.6 Å². The highest BCUT2D eigenvalue weighted by molar-refractivity contribution is 7.99. The number of nitrogens with one attached hydrogen (secondary N) is 1. The van der Waals surface area contributed by atoms with E-state index in [4.69, 9.17) is 21.1 Å². The van der Waals surface area contributed by atoms with Crippen molar-refractivity contribution in [2.75, 3.05) is 25.3 Å². The van der Waals surface area contributed by atoms with Gasteiger partial charge in [-0.05, 0) is 25.5 Å². The van der Waals surface area contributed by atoms with E-state index in [9.17, 15) is 4.79 Å². The van der Waals surface area contributed by atoms with Gasteiger partial charge in [0, 0.05) is 18.2 Å². The summed E-state index contributed by atoms with van der Waals surface area (Å²) in [6.45, 7) is 4.76. The first kappa shape index (κ1) is 22.0. The summed E-state index contributed by atoms with van der Waals surface area (Å²) >= 11 is 7.49. The zero-order valence-electron chi connectivity index (χ0n) is 17.2. The minimum atomic E-state index is -0.206. The molecule has 9 heteroatoms. The lowest BCUT2D eigenvalue weighted by Crippen LogP contribution is -2.15. The molecule has 3 rings (SSSR count). The van der Waals surface area contributed by atoms with Crippen molar-refractivity contribution in [3.05, 3.63) is 47.0 Å². The maximum absolute atomic E-state index is 12.5. The van der Waals surface area contributed by atoms with E-state index in [1.807, 2.05) is 42.7 Å². The molecule has 0 aliphatic rings. The molecule has 0 atom stereocenters. The molecule has 0 bridgehead atoms. The second-order valence-corrected chi connectivity index (χ2v) is 7.74. The number of thioether (sulfide) groups is 1. The third-order valence-electron chi connectivity index (χ3n) is 4.50. The molecule has 1 aromatic heterocycles. The summed E-state index contributed by atoms with van der Waals surface area (Å²) in [7, 11) is 3.04. The predicted molar refractivity (Wildman–Crippen MR) is 120 cm³/mol. The smallest absolute Gasteiger partial charge is 0.234 e. The van der Waals surface area contributed by atoms with Crippen molar-refractivity contribution in [2.45, 2.75) is 25.5 Å². The fourth-order valence-electron chi connectivity index (χ4n) is 2.98.